The first-order chi connectivity index (χ1) is 9.42. The molecule has 1 aromatic rings. The van der Waals surface area contributed by atoms with E-state index in [2.05, 4.69) is 20.2 Å². The maximum absolute atomic E-state index is 11.2. The SMILES string of the molecule is Cc1ccnc(NC2CCN(CCS(C)(=O)=O)CC2)n1. The van der Waals surface area contributed by atoms with Crippen LogP contribution in [-0.4, -0.2) is 61.0 Å². The Morgan fingerprint density at radius 2 is 2.10 bits per heavy atom. The molecule has 0 saturated carbocycles. The Hall–Kier alpha value is -1.21. The van der Waals surface area contributed by atoms with Crippen LogP contribution < -0.4 is 5.32 Å². The van der Waals surface area contributed by atoms with E-state index in [9.17, 15) is 8.42 Å². The summed E-state index contributed by atoms with van der Waals surface area (Å²) in [6.07, 6.45) is 5.02. The van der Waals surface area contributed by atoms with Crippen molar-refractivity contribution in [3.63, 3.8) is 0 Å². The fourth-order valence-electron chi connectivity index (χ4n) is 2.30. The van der Waals surface area contributed by atoms with Gasteiger partial charge in [-0.25, -0.2) is 18.4 Å². The molecule has 0 radical (unpaired) electrons. The smallest absolute Gasteiger partial charge is 0.223 e. The van der Waals surface area contributed by atoms with E-state index in [0.717, 1.165) is 31.6 Å². The molecule has 1 saturated heterocycles. The van der Waals surface area contributed by atoms with Crippen molar-refractivity contribution in [1.82, 2.24) is 14.9 Å². The standard InChI is InChI=1S/C13H22N4O2S/c1-11-3-6-14-13(15-11)16-12-4-7-17(8-5-12)9-10-20(2,18)19/h3,6,12H,4-5,7-10H2,1-2H3,(H,14,15,16). The predicted octanol–water partition coefficient (Wildman–Crippen LogP) is 0.706. The molecule has 1 aliphatic rings. The number of piperidine rings is 1. The zero-order chi connectivity index (χ0) is 14.6. The Morgan fingerprint density at radius 3 is 2.70 bits per heavy atom. The monoisotopic (exact) mass is 298 g/mol. The molecule has 1 N–H and O–H groups in total. The largest absolute Gasteiger partial charge is 0.351 e. The van der Waals surface area contributed by atoms with Crippen LogP contribution in [0.5, 0.6) is 0 Å². The van der Waals surface area contributed by atoms with Gasteiger partial charge in [0, 0.05) is 43.8 Å². The molecule has 1 fully saturated rings. The molecular weight excluding hydrogens is 276 g/mol. The average molecular weight is 298 g/mol. The lowest BCUT2D eigenvalue weighted by Gasteiger charge is -2.32. The van der Waals surface area contributed by atoms with Gasteiger partial charge in [-0.3, -0.25) is 0 Å². The van der Waals surface area contributed by atoms with Gasteiger partial charge in [0.25, 0.3) is 0 Å². The number of nitrogens with one attached hydrogen (secondary N) is 1. The highest BCUT2D eigenvalue weighted by atomic mass is 32.2. The summed E-state index contributed by atoms with van der Waals surface area (Å²) in [6.45, 7) is 4.41. The molecule has 0 atom stereocenters. The van der Waals surface area contributed by atoms with Gasteiger partial charge >= 0.3 is 0 Å². The van der Waals surface area contributed by atoms with Crippen molar-refractivity contribution >= 4 is 15.8 Å². The summed E-state index contributed by atoms with van der Waals surface area (Å²) in [7, 11) is -2.87. The lowest BCUT2D eigenvalue weighted by molar-refractivity contribution is 0.230. The minimum Gasteiger partial charge on any atom is -0.351 e. The van der Waals surface area contributed by atoms with E-state index >= 15 is 0 Å². The first-order valence-electron chi connectivity index (χ1n) is 6.89. The van der Waals surface area contributed by atoms with Crippen LogP contribution in [0.15, 0.2) is 12.3 Å². The molecule has 0 aliphatic carbocycles. The van der Waals surface area contributed by atoms with Gasteiger partial charge in [0.15, 0.2) is 0 Å². The molecule has 0 spiro atoms. The molecule has 6 nitrogen and oxygen atoms in total. The first-order valence-corrected chi connectivity index (χ1v) is 8.95. The van der Waals surface area contributed by atoms with Crippen LogP contribution in [0.2, 0.25) is 0 Å². The molecule has 0 aromatic carbocycles. The van der Waals surface area contributed by atoms with E-state index in [1.165, 1.54) is 6.26 Å². The first kappa shape index (κ1) is 15.2. The molecule has 2 rings (SSSR count). The number of aryl methyl sites for hydroxylation is 1. The van der Waals surface area contributed by atoms with Crippen molar-refractivity contribution < 1.29 is 8.42 Å². The van der Waals surface area contributed by atoms with Crippen molar-refractivity contribution in [2.24, 2.45) is 0 Å². The number of nitrogens with zero attached hydrogens (tertiary/aromatic N) is 3. The summed E-state index contributed by atoms with van der Waals surface area (Å²) in [5, 5.41) is 3.35. The van der Waals surface area contributed by atoms with E-state index in [-0.39, 0.29) is 5.75 Å². The van der Waals surface area contributed by atoms with Gasteiger partial charge in [0.1, 0.15) is 9.84 Å². The molecule has 1 aromatic heterocycles. The van der Waals surface area contributed by atoms with Crippen LogP contribution >= 0.6 is 0 Å². The third kappa shape index (κ3) is 5.05. The van der Waals surface area contributed by atoms with Crippen molar-refractivity contribution in [3.05, 3.63) is 18.0 Å². The van der Waals surface area contributed by atoms with E-state index in [4.69, 9.17) is 0 Å². The van der Waals surface area contributed by atoms with E-state index in [1.54, 1.807) is 6.20 Å². The lowest BCUT2D eigenvalue weighted by atomic mass is 10.1. The number of likely N-dealkylation sites (tertiary alicyclic amines) is 1. The topological polar surface area (TPSA) is 75.2 Å². The van der Waals surface area contributed by atoms with Gasteiger partial charge < -0.3 is 10.2 Å². The van der Waals surface area contributed by atoms with Gasteiger partial charge in [-0.15, -0.1) is 0 Å². The van der Waals surface area contributed by atoms with Crippen LogP contribution in [0, 0.1) is 6.92 Å². The van der Waals surface area contributed by atoms with Crippen LogP contribution in [0.4, 0.5) is 5.95 Å². The summed E-state index contributed by atoms with van der Waals surface area (Å²) in [4.78, 5) is 10.8. The van der Waals surface area contributed by atoms with Crippen LogP contribution in [0.1, 0.15) is 18.5 Å². The normalized spacial score (nSPS) is 18.1. The second-order valence-electron chi connectivity index (χ2n) is 5.41. The molecule has 1 aliphatic heterocycles. The van der Waals surface area contributed by atoms with E-state index in [0.29, 0.717) is 18.5 Å². The van der Waals surface area contributed by atoms with Gasteiger partial charge in [0.2, 0.25) is 5.95 Å². The third-order valence-electron chi connectivity index (χ3n) is 3.49. The minimum atomic E-state index is -2.87. The minimum absolute atomic E-state index is 0.242. The predicted molar refractivity (Wildman–Crippen MR) is 79.6 cm³/mol. The number of anilines is 1. The zero-order valence-corrected chi connectivity index (χ0v) is 12.9. The van der Waals surface area contributed by atoms with Crippen LogP contribution in [0.3, 0.4) is 0 Å². The van der Waals surface area contributed by atoms with Crippen molar-refractivity contribution in [1.29, 1.82) is 0 Å². The summed E-state index contributed by atoms with van der Waals surface area (Å²) in [5.41, 5.74) is 0.952. The maximum Gasteiger partial charge on any atom is 0.223 e. The molecule has 2 heterocycles. The quantitative estimate of drug-likeness (QED) is 0.863. The Labute approximate surface area is 120 Å². The van der Waals surface area contributed by atoms with Crippen molar-refractivity contribution in [2.75, 3.05) is 37.0 Å². The number of sulfone groups is 1. The van der Waals surface area contributed by atoms with Gasteiger partial charge in [-0.05, 0) is 25.8 Å². The Balaban J connectivity index is 1.77. The molecule has 0 unspecified atom stereocenters. The summed E-state index contributed by atoms with van der Waals surface area (Å²) in [6, 6.07) is 2.24. The second kappa shape index (κ2) is 6.49. The number of hydrogen-bond donors (Lipinski definition) is 1. The molecule has 20 heavy (non-hydrogen) atoms. The highest BCUT2D eigenvalue weighted by molar-refractivity contribution is 7.90. The fraction of sp³-hybridized carbons (Fsp3) is 0.692. The number of hydrogen-bond acceptors (Lipinski definition) is 6. The fourth-order valence-corrected chi connectivity index (χ4v) is 2.89. The Kier molecular flexibility index (Phi) is 4.93. The third-order valence-corrected chi connectivity index (χ3v) is 4.42. The number of aromatic nitrogens is 2. The molecular formula is C13H22N4O2S. The summed E-state index contributed by atoms with van der Waals surface area (Å²) >= 11 is 0. The highest BCUT2D eigenvalue weighted by Gasteiger charge is 2.20. The van der Waals surface area contributed by atoms with E-state index < -0.39 is 9.84 Å². The van der Waals surface area contributed by atoms with Gasteiger partial charge in [-0.2, -0.15) is 0 Å². The highest BCUT2D eigenvalue weighted by Crippen LogP contribution is 2.14. The summed E-state index contributed by atoms with van der Waals surface area (Å²) in [5.74, 6) is 0.922. The van der Waals surface area contributed by atoms with Gasteiger partial charge in [0.05, 0.1) is 5.75 Å². The average Bonchev–Trinajstić information content (AvgIpc) is 2.37. The zero-order valence-electron chi connectivity index (χ0n) is 12.0. The Morgan fingerprint density at radius 1 is 1.40 bits per heavy atom. The molecule has 0 bridgehead atoms. The van der Waals surface area contributed by atoms with Crippen LogP contribution in [0.25, 0.3) is 0 Å². The van der Waals surface area contributed by atoms with Gasteiger partial charge in [-0.1, -0.05) is 0 Å². The lowest BCUT2D eigenvalue weighted by Crippen LogP contribution is -2.41. The molecule has 112 valence electrons. The van der Waals surface area contributed by atoms with E-state index in [1.807, 2.05) is 13.0 Å². The van der Waals surface area contributed by atoms with Crippen molar-refractivity contribution in [2.45, 2.75) is 25.8 Å². The maximum atomic E-state index is 11.2. The van der Waals surface area contributed by atoms with Crippen molar-refractivity contribution in [3.8, 4) is 0 Å². The molecule has 0 amide bonds. The number of rotatable bonds is 5. The summed E-state index contributed by atoms with van der Waals surface area (Å²) < 4.78 is 22.3. The van der Waals surface area contributed by atoms with Crippen LogP contribution in [-0.2, 0) is 9.84 Å². The Bertz CT molecular complexity index is 539. The molecule has 7 heteroatoms. The second-order valence-corrected chi connectivity index (χ2v) is 7.67.